The molecule has 0 spiro atoms. The molecule has 140 valence electrons. The number of fused-ring (bicyclic) bond motifs is 1. The Kier molecular flexibility index (Phi) is 5.60. The number of imidazole rings is 1. The van der Waals surface area contributed by atoms with E-state index in [1.807, 2.05) is 66.7 Å². The summed E-state index contributed by atoms with van der Waals surface area (Å²) in [5.74, 6) is 1.33. The average Bonchev–Trinajstić information content (AvgIpc) is 3.11. The molecular weight excluding hydrogens is 440 g/mol. The number of para-hydroxylation sites is 2. The van der Waals surface area contributed by atoms with E-state index in [-0.39, 0.29) is 0 Å². The van der Waals surface area contributed by atoms with Gasteiger partial charge in [0.2, 0.25) is 5.95 Å². The minimum Gasteiger partial charge on any atom is -0.488 e. The fourth-order valence-electron chi connectivity index (χ4n) is 2.66. The number of hydrogen-bond donors (Lipinski definition) is 2. The van der Waals surface area contributed by atoms with E-state index in [0.717, 1.165) is 32.4 Å². The quantitative estimate of drug-likeness (QED) is 0.277. The molecule has 0 amide bonds. The molecule has 2 N–H and O–H groups in total. The summed E-state index contributed by atoms with van der Waals surface area (Å²) in [6.45, 7) is 0.402. The summed E-state index contributed by atoms with van der Waals surface area (Å²) in [5, 5.41) is 4.93. The van der Waals surface area contributed by atoms with Gasteiger partial charge in [-0.2, -0.15) is 5.10 Å². The van der Waals surface area contributed by atoms with Crippen LogP contribution in [-0.4, -0.2) is 16.2 Å². The second-order valence-electron chi connectivity index (χ2n) is 6.04. The van der Waals surface area contributed by atoms with Crippen molar-refractivity contribution in [3.05, 3.63) is 87.4 Å². The Balaban J connectivity index is 1.39. The van der Waals surface area contributed by atoms with E-state index >= 15 is 0 Å². The van der Waals surface area contributed by atoms with Gasteiger partial charge in [0.05, 0.1) is 21.7 Å². The van der Waals surface area contributed by atoms with Gasteiger partial charge in [-0.25, -0.2) is 10.4 Å². The lowest BCUT2D eigenvalue weighted by molar-refractivity contribution is 0.304. The maximum Gasteiger partial charge on any atom is 0.222 e. The lowest BCUT2D eigenvalue weighted by atomic mass is 10.2. The topological polar surface area (TPSA) is 62.3 Å². The summed E-state index contributed by atoms with van der Waals surface area (Å²) in [7, 11) is 0. The van der Waals surface area contributed by atoms with E-state index in [4.69, 9.17) is 16.3 Å². The van der Waals surface area contributed by atoms with Gasteiger partial charge >= 0.3 is 0 Å². The number of anilines is 1. The Morgan fingerprint density at radius 1 is 1.11 bits per heavy atom. The highest BCUT2D eigenvalue weighted by molar-refractivity contribution is 9.10. The highest BCUT2D eigenvalue weighted by Crippen LogP contribution is 2.27. The van der Waals surface area contributed by atoms with E-state index in [0.29, 0.717) is 17.6 Å². The zero-order chi connectivity index (χ0) is 19.3. The highest BCUT2D eigenvalue weighted by Gasteiger charge is 2.05. The largest absolute Gasteiger partial charge is 0.488 e. The second kappa shape index (κ2) is 8.46. The van der Waals surface area contributed by atoms with E-state index in [1.165, 1.54) is 0 Å². The van der Waals surface area contributed by atoms with Crippen LogP contribution in [-0.2, 0) is 6.61 Å². The molecule has 4 rings (SSSR count). The van der Waals surface area contributed by atoms with Crippen molar-refractivity contribution in [2.45, 2.75) is 6.61 Å². The number of benzene rings is 3. The minimum absolute atomic E-state index is 0.402. The van der Waals surface area contributed by atoms with Crippen LogP contribution in [0.1, 0.15) is 11.1 Å². The summed E-state index contributed by atoms with van der Waals surface area (Å²) in [4.78, 5) is 7.58. The van der Waals surface area contributed by atoms with Gasteiger partial charge < -0.3 is 9.72 Å². The molecule has 0 aliphatic carbocycles. The number of aromatic amines is 1. The zero-order valence-electron chi connectivity index (χ0n) is 14.7. The molecule has 0 atom stereocenters. The summed E-state index contributed by atoms with van der Waals surface area (Å²) >= 11 is 9.71. The molecule has 28 heavy (non-hydrogen) atoms. The lowest BCUT2D eigenvalue weighted by Gasteiger charge is -2.10. The number of aromatic nitrogens is 2. The minimum atomic E-state index is 0.402. The van der Waals surface area contributed by atoms with Gasteiger partial charge in [-0.15, -0.1) is 0 Å². The maximum absolute atomic E-state index is 6.17. The lowest BCUT2D eigenvalue weighted by Crippen LogP contribution is -1.97. The van der Waals surface area contributed by atoms with Crippen LogP contribution in [0.25, 0.3) is 11.0 Å². The first-order chi connectivity index (χ1) is 13.7. The molecule has 0 radical (unpaired) electrons. The van der Waals surface area contributed by atoms with Gasteiger partial charge in [0, 0.05) is 10.6 Å². The van der Waals surface area contributed by atoms with Crippen molar-refractivity contribution in [1.82, 2.24) is 9.97 Å². The molecule has 0 aliphatic heterocycles. The summed E-state index contributed by atoms with van der Waals surface area (Å²) < 4.78 is 6.70. The van der Waals surface area contributed by atoms with E-state index in [2.05, 4.69) is 36.4 Å². The molecule has 0 aliphatic rings. The molecule has 5 nitrogen and oxygen atoms in total. The normalized spacial score (nSPS) is 11.2. The molecule has 0 saturated carbocycles. The third kappa shape index (κ3) is 4.35. The number of hydrazone groups is 1. The first kappa shape index (κ1) is 18.5. The first-order valence-corrected chi connectivity index (χ1v) is 9.76. The van der Waals surface area contributed by atoms with Gasteiger partial charge in [0.15, 0.2) is 0 Å². The Bertz CT molecular complexity index is 1110. The summed E-state index contributed by atoms with van der Waals surface area (Å²) in [5.41, 5.74) is 6.62. The zero-order valence-corrected chi connectivity index (χ0v) is 17.0. The Labute approximate surface area is 175 Å². The number of rotatable bonds is 6. The predicted molar refractivity (Wildman–Crippen MR) is 117 cm³/mol. The second-order valence-corrected chi connectivity index (χ2v) is 7.30. The predicted octanol–water partition coefficient (Wildman–Crippen LogP) is 6.00. The van der Waals surface area contributed by atoms with E-state index in [1.54, 1.807) is 6.21 Å². The van der Waals surface area contributed by atoms with Gasteiger partial charge in [-0.05, 0) is 57.9 Å². The Morgan fingerprint density at radius 2 is 1.93 bits per heavy atom. The molecule has 7 heteroatoms. The van der Waals surface area contributed by atoms with Crippen LogP contribution in [0.3, 0.4) is 0 Å². The third-order valence-electron chi connectivity index (χ3n) is 4.07. The molecule has 0 fully saturated rings. The van der Waals surface area contributed by atoms with Crippen molar-refractivity contribution in [3.63, 3.8) is 0 Å². The van der Waals surface area contributed by atoms with Crippen molar-refractivity contribution in [2.24, 2.45) is 5.10 Å². The molecule has 1 heterocycles. The average molecular weight is 456 g/mol. The molecule has 4 aromatic rings. The molecular formula is C21H16BrClN4O. The number of nitrogens with zero attached hydrogens (tertiary/aromatic N) is 2. The molecule has 0 unspecified atom stereocenters. The molecule has 3 aromatic carbocycles. The van der Waals surface area contributed by atoms with Crippen molar-refractivity contribution < 1.29 is 4.74 Å². The monoisotopic (exact) mass is 454 g/mol. The number of ether oxygens (including phenoxy) is 1. The van der Waals surface area contributed by atoms with Crippen LogP contribution in [0.5, 0.6) is 5.75 Å². The highest BCUT2D eigenvalue weighted by atomic mass is 79.9. The van der Waals surface area contributed by atoms with Crippen LogP contribution in [0.2, 0.25) is 5.02 Å². The van der Waals surface area contributed by atoms with Gasteiger partial charge in [-0.1, -0.05) is 41.9 Å². The van der Waals surface area contributed by atoms with Crippen LogP contribution >= 0.6 is 27.5 Å². The molecule has 1 aromatic heterocycles. The SMILES string of the molecule is Clc1ccccc1COc1ccc(/C=N\Nc2nc3ccccc3[nH]2)cc1Br. The number of halogens is 2. The molecule has 0 bridgehead atoms. The fraction of sp³-hybridized carbons (Fsp3) is 0.0476. The van der Waals surface area contributed by atoms with Gasteiger partial charge in [0.1, 0.15) is 12.4 Å². The first-order valence-electron chi connectivity index (χ1n) is 8.58. The fourth-order valence-corrected chi connectivity index (χ4v) is 3.36. The van der Waals surface area contributed by atoms with E-state index < -0.39 is 0 Å². The van der Waals surface area contributed by atoms with Crippen LogP contribution in [0, 0.1) is 0 Å². The van der Waals surface area contributed by atoms with Gasteiger partial charge in [0.25, 0.3) is 0 Å². The number of hydrogen-bond acceptors (Lipinski definition) is 4. The summed E-state index contributed by atoms with van der Waals surface area (Å²) in [6.07, 6.45) is 1.72. The van der Waals surface area contributed by atoms with Crippen molar-refractivity contribution in [2.75, 3.05) is 5.43 Å². The standard InChI is InChI=1S/C21H16BrClN4O/c22-16-11-14(9-10-20(16)28-13-15-5-1-2-6-17(15)23)12-24-27-21-25-18-7-3-4-8-19(18)26-21/h1-12H,13H2,(H2,25,26,27)/b24-12-. The van der Waals surface area contributed by atoms with Crippen LogP contribution in [0.15, 0.2) is 76.3 Å². The van der Waals surface area contributed by atoms with Gasteiger partial charge in [-0.3, -0.25) is 0 Å². The number of H-pyrrole nitrogens is 1. The Hall–Kier alpha value is -2.83. The summed E-state index contributed by atoms with van der Waals surface area (Å²) in [6, 6.07) is 21.2. The number of nitrogens with one attached hydrogen (secondary N) is 2. The van der Waals surface area contributed by atoms with E-state index in [9.17, 15) is 0 Å². The van der Waals surface area contributed by atoms with Crippen molar-refractivity contribution >= 4 is 50.7 Å². The maximum atomic E-state index is 6.17. The van der Waals surface area contributed by atoms with Crippen molar-refractivity contribution in [1.29, 1.82) is 0 Å². The van der Waals surface area contributed by atoms with Crippen LogP contribution < -0.4 is 10.2 Å². The third-order valence-corrected chi connectivity index (χ3v) is 5.06. The van der Waals surface area contributed by atoms with Crippen LogP contribution in [0.4, 0.5) is 5.95 Å². The van der Waals surface area contributed by atoms with Crippen molar-refractivity contribution in [3.8, 4) is 5.75 Å². The smallest absolute Gasteiger partial charge is 0.222 e. The molecule has 0 saturated heterocycles. The Morgan fingerprint density at radius 3 is 2.75 bits per heavy atom.